The van der Waals surface area contributed by atoms with E-state index >= 15 is 0 Å². The molecular weight excluding hydrogens is 276 g/mol. The molecule has 0 aromatic heterocycles. The van der Waals surface area contributed by atoms with E-state index in [1.165, 1.54) is 0 Å². The summed E-state index contributed by atoms with van der Waals surface area (Å²) in [5.41, 5.74) is 0.846. The van der Waals surface area contributed by atoms with Crippen molar-refractivity contribution in [2.24, 2.45) is 0 Å². The zero-order chi connectivity index (χ0) is 14.5. The van der Waals surface area contributed by atoms with E-state index in [1.54, 1.807) is 49.4 Å². The zero-order valence-corrected chi connectivity index (χ0v) is 11.7. The van der Waals surface area contributed by atoms with Gasteiger partial charge >= 0.3 is 5.97 Å². The standard InChI is InChI=1S/C16H13ClO3/c1-2-20-16(19)12-9-6-10-13(17)14(12)15(18)11-7-4-3-5-8-11/h3-10H,2H2,1H3. The van der Waals surface area contributed by atoms with Crippen molar-refractivity contribution >= 4 is 23.4 Å². The summed E-state index contributed by atoms with van der Waals surface area (Å²) in [5.74, 6) is -0.839. The van der Waals surface area contributed by atoms with Crippen molar-refractivity contribution in [1.82, 2.24) is 0 Å². The summed E-state index contributed by atoms with van der Waals surface area (Å²) in [7, 11) is 0. The zero-order valence-electron chi connectivity index (χ0n) is 10.9. The van der Waals surface area contributed by atoms with Crippen molar-refractivity contribution in [1.29, 1.82) is 0 Å². The van der Waals surface area contributed by atoms with Crippen LogP contribution in [0.25, 0.3) is 0 Å². The minimum atomic E-state index is -0.547. The van der Waals surface area contributed by atoms with Crippen molar-refractivity contribution in [2.45, 2.75) is 6.92 Å². The quantitative estimate of drug-likeness (QED) is 0.636. The third kappa shape index (κ3) is 2.89. The molecule has 0 amide bonds. The maximum atomic E-state index is 12.5. The van der Waals surface area contributed by atoms with Crippen molar-refractivity contribution in [2.75, 3.05) is 6.61 Å². The van der Waals surface area contributed by atoms with Crippen LogP contribution in [0.5, 0.6) is 0 Å². The Morgan fingerprint density at radius 2 is 1.75 bits per heavy atom. The van der Waals surface area contributed by atoms with Gasteiger partial charge in [-0.1, -0.05) is 48.0 Å². The van der Waals surface area contributed by atoms with E-state index < -0.39 is 5.97 Å². The molecule has 0 atom stereocenters. The average molecular weight is 289 g/mol. The summed E-state index contributed by atoms with van der Waals surface area (Å²) in [6.07, 6.45) is 0. The van der Waals surface area contributed by atoms with E-state index in [1.807, 2.05) is 6.07 Å². The highest BCUT2D eigenvalue weighted by Crippen LogP contribution is 2.24. The number of hydrogen-bond donors (Lipinski definition) is 0. The molecule has 3 nitrogen and oxygen atoms in total. The molecule has 0 saturated heterocycles. The van der Waals surface area contributed by atoms with Crippen LogP contribution in [-0.4, -0.2) is 18.4 Å². The molecule has 0 radical (unpaired) electrons. The van der Waals surface area contributed by atoms with Gasteiger partial charge in [0, 0.05) is 5.56 Å². The molecule has 0 aliphatic heterocycles. The van der Waals surface area contributed by atoms with Gasteiger partial charge < -0.3 is 4.74 Å². The summed E-state index contributed by atoms with van der Waals surface area (Å²) in [6, 6.07) is 13.4. The second kappa shape index (κ2) is 6.35. The normalized spacial score (nSPS) is 10.1. The maximum Gasteiger partial charge on any atom is 0.338 e. The van der Waals surface area contributed by atoms with E-state index in [4.69, 9.17) is 16.3 Å². The number of esters is 1. The topological polar surface area (TPSA) is 43.4 Å². The lowest BCUT2D eigenvalue weighted by molar-refractivity contribution is 0.0523. The van der Waals surface area contributed by atoms with Gasteiger partial charge in [-0.25, -0.2) is 4.79 Å². The first-order valence-corrected chi connectivity index (χ1v) is 6.58. The summed E-state index contributed by atoms with van der Waals surface area (Å²) < 4.78 is 4.96. The van der Waals surface area contributed by atoms with E-state index in [0.717, 1.165) is 0 Å². The Bertz CT molecular complexity index is 635. The Morgan fingerprint density at radius 3 is 2.40 bits per heavy atom. The lowest BCUT2D eigenvalue weighted by Crippen LogP contribution is -2.13. The second-order valence-electron chi connectivity index (χ2n) is 4.08. The highest BCUT2D eigenvalue weighted by atomic mass is 35.5. The van der Waals surface area contributed by atoms with E-state index in [9.17, 15) is 9.59 Å². The minimum Gasteiger partial charge on any atom is -0.462 e. The largest absolute Gasteiger partial charge is 0.462 e. The lowest BCUT2D eigenvalue weighted by Gasteiger charge is -2.09. The fourth-order valence-corrected chi connectivity index (χ4v) is 2.13. The van der Waals surface area contributed by atoms with Gasteiger partial charge in [0.15, 0.2) is 5.78 Å². The fraction of sp³-hybridized carbons (Fsp3) is 0.125. The predicted molar refractivity (Wildman–Crippen MR) is 77.3 cm³/mol. The molecule has 0 fully saturated rings. The summed E-state index contributed by atoms with van der Waals surface area (Å²) in [4.78, 5) is 24.4. The number of ketones is 1. The first-order chi connectivity index (χ1) is 9.65. The number of carbonyl (C=O) groups excluding carboxylic acids is 2. The number of halogens is 1. The number of hydrogen-bond acceptors (Lipinski definition) is 3. The highest BCUT2D eigenvalue weighted by molar-refractivity contribution is 6.36. The molecule has 102 valence electrons. The molecule has 0 N–H and O–H groups in total. The second-order valence-corrected chi connectivity index (χ2v) is 4.49. The molecule has 0 spiro atoms. The fourth-order valence-electron chi connectivity index (χ4n) is 1.87. The van der Waals surface area contributed by atoms with Gasteiger partial charge in [-0.05, 0) is 19.1 Å². The molecule has 2 aromatic carbocycles. The monoisotopic (exact) mass is 288 g/mol. The molecular formula is C16H13ClO3. The van der Waals surface area contributed by atoms with Crippen molar-refractivity contribution in [3.8, 4) is 0 Å². The molecule has 0 aliphatic carbocycles. The summed E-state index contributed by atoms with van der Waals surface area (Å²) in [5, 5.41) is 0.240. The Labute approximate surface area is 122 Å². The third-order valence-electron chi connectivity index (χ3n) is 2.77. The van der Waals surface area contributed by atoms with Gasteiger partial charge in [-0.2, -0.15) is 0 Å². The molecule has 0 heterocycles. The maximum absolute atomic E-state index is 12.5. The van der Waals surface area contributed by atoms with Crippen LogP contribution < -0.4 is 0 Å². The molecule has 2 aromatic rings. The van der Waals surface area contributed by atoms with Crippen molar-refractivity contribution in [3.63, 3.8) is 0 Å². The van der Waals surface area contributed by atoms with E-state index in [2.05, 4.69) is 0 Å². The van der Waals surface area contributed by atoms with Gasteiger partial charge in [0.05, 0.1) is 22.8 Å². The molecule has 2 rings (SSSR count). The van der Waals surface area contributed by atoms with E-state index in [-0.39, 0.29) is 28.5 Å². The highest BCUT2D eigenvalue weighted by Gasteiger charge is 2.21. The summed E-state index contributed by atoms with van der Waals surface area (Å²) in [6.45, 7) is 1.95. The van der Waals surface area contributed by atoms with Crippen LogP contribution in [0.2, 0.25) is 5.02 Å². The number of benzene rings is 2. The number of carbonyl (C=O) groups is 2. The Balaban J connectivity index is 2.50. The molecule has 4 heteroatoms. The van der Waals surface area contributed by atoms with Gasteiger partial charge in [-0.15, -0.1) is 0 Å². The van der Waals surface area contributed by atoms with Crippen LogP contribution in [0.4, 0.5) is 0 Å². The molecule has 0 saturated carbocycles. The smallest absolute Gasteiger partial charge is 0.338 e. The van der Waals surface area contributed by atoms with Crippen LogP contribution in [0.3, 0.4) is 0 Å². The Morgan fingerprint density at radius 1 is 1.05 bits per heavy atom. The van der Waals surface area contributed by atoms with Crippen molar-refractivity contribution in [3.05, 3.63) is 70.2 Å². The van der Waals surface area contributed by atoms with Crippen LogP contribution in [0, 0.1) is 0 Å². The van der Waals surface area contributed by atoms with E-state index in [0.29, 0.717) is 5.56 Å². The number of ether oxygens (including phenoxy) is 1. The van der Waals surface area contributed by atoms with Crippen LogP contribution in [0.1, 0.15) is 33.2 Å². The van der Waals surface area contributed by atoms with Crippen LogP contribution in [-0.2, 0) is 4.74 Å². The third-order valence-corrected chi connectivity index (χ3v) is 3.09. The predicted octanol–water partition coefficient (Wildman–Crippen LogP) is 3.75. The SMILES string of the molecule is CCOC(=O)c1cccc(Cl)c1C(=O)c1ccccc1. The lowest BCUT2D eigenvalue weighted by atomic mass is 9.98. The minimum absolute atomic E-state index is 0.179. The van der Waals surface area contributed by atoms with Gasteiger partial charge in [-0.3, -0.25) is 4.79 Å². The van der Waals surface area contributed by atoms with Crippen molar-refractivity contribution < 1.29 is 14.3 Å². The van der Waals surface area contributed by atoms with Gasteiger partial charge in [0.1, 0.15) is 0 Å². The molecule has 20 heavy (non-hydrogen) atoms. The first kappa shape index (κ1) is 14.3. The molecule has 0 unspecified atom stereocenters. The molecule has 0 aliphatic rings. The van der Waals surface area contributed by atoms with Gasteiger partial charge in [0.2, 0.25) is 0 Å². The summed E-state index contributed by atoms with van der Waals surface area (Å²) >= 11 is 6.09. The molecule has 0 bridgehead atoms. The van der Waals surface area contributed by atoms with Crippen LogP contribution >= 0.6 is 11.6 Å². The van der Waals surface area contributed by atoms with Crippen LogP contribution in [0.15, 0.2) is 48.5 Å². The average Bonchev–Trinajstić information content (AvgIpc) is 2.47. The van der Waals surface area contributed by atoms with Gasteiger partial charge in [0.25, 0.3) is 0 Å². The Hall–Kier alpha value is -2.13. The first-order valence-electron chi connectivity index (χ1n) is 6.20. The number of rotatable bonds is 4. The Kier molecular flexibility index (Phi) is 4.53.